The van der Waals surface area contributed by atoms with Crippen molar-refractivity contribution >= 4 is 22.7 Å². The zero-order chi connectivity index (χ0) is 25.2. The van der Waals surface area contributed by atoms with Crippen molar-refractivity contribution in [1.82, 2.24) is 19.7 Å². The maximum atomic E-state index is 12.4. The molecule has 36 heavy (non-hydrogen) atoms. The first-order valence-corrected chi connectivity index (χ1v) is 11.6. The van der Waals surface area contributed by atoms with Gasteiger partial charge in [0, 0.05) is 36.4 Å². The van der Waals surface area contributed by atoms with Gasteiger partial charge in [-0.1, -0.05) is 6.58 Å². The number of hydrogen-bond acceptors (Lipinski definition) is 6. The molecule has 1 atom stereocenters. The summed E-state index contributed by atoms with van der Waals surface area (Å²) in [4.78, 5) is 30.3. The molecule has 0 saturated carbocycles. The van der Waals surface area contributed by atoms with Gasteiger partial charge in [-0.3, -0.25) is 19.3 Å². The summed E-state index contributed by atoms with van der Waals surface area (Å²) in [5.74, 6) is 0.412. The summed E-state index contributed by atoms with van der Waals surface area (Å²) in [6, 6.07) is 13.7. The third-order valence-corrected chi connectivity index (χ3v) is 6.29. The predicted molar refractivity (Wildman–Crippen MR) is 135 cm³/mol. The number of aromatic nitrogens is 3. The Morgan fingerprint density at radius 3 is 2.53 bits per heavy atom. The van der Waals surface area contributed by atoms with E-state index in [0.717, 1.165) is 18.4 Å². The predicted octanol–water partition coefficient (Wildman–Crippen LogP) is 4.04. The van der Waals surface area contributed by atoms with Gasteiger partial charge in [0.05, 0.1) is 17.1 Å². The van der Waals surface area contributed by atoms with Crippen LogP contribution in [0.4, 0.5) is 0 Å². The van der Waals surface area contributed by atoms with Crippen molar-refractivity contribution in [3.63, 3.8) is 0 Å². The second kappa shape index (κ2) is 9.53. The van der Waals surface area contributed by atoms with E-state index in [9.17, 15) is 14.7 Å². The van der Waals surface area contributed by atoms with Crippen molar-refractivity contribution in [2.75, 3.05) is 13.1 Å². The van der Waals surface area contributed by atoms with E-state index in [1.165, 1.54) is 12.1 Å². The smallest absolute Gasteiger partial charge is 0.251 e. The zero-order valence-corrected chi connectivity index (χ0v) is 19.5. The summed E-state index contributed by atoms with van der Waals surface area (Å²) < 4.78 is 7.63. The number of fused-ring (bicyclic) bond motifs is 1. The number of nitrogens with zero attached hydrogens (tertiary/aromatic N) is 4. The van der Waals surface area contributed by atoms with Crippen LogP contribution >= 0.6 is 0 Å². The molecule has 2 amide bonds. The number of phenolic OH excluding ortho intramolecular Hbond substituents is 1. The largest absolute Gasteiger partial charge is 0.508 e. The Morgan fingerprint density at radius 2 is 1.83 bits per heavy atom. The number of amides is 2. The van der Waals surface area contributed by atoms with Crippen LogP contribution in [0, 0.1) is 0 Å². The van der Waals surface area contributed by atoms with Gasteiger partial charge in [0.15, 0.2) is 0 Å². The molecule has 3 heterocycles. The number of aromatic hydroxyl groups is 1. The molecular formula is C27H25N5O4. The molecule has 0 bridgehead atoms. The van der Waals surface area contributed by atoms with Crippen molar-refractivity contribution in [2.24, 2.45) is 5.73 Å². The lowest BCUT2D eigenvalue weighted by Crippen LogP contribution is -2.40. The number of nitrogens with two attached hydrogens (primary N) is 1. The van der Waals surface area contributed by atoms with E-state index in [4.69, 9.17) is 15.6 Å². The Balaban J connectivity index is 1.58. The van der Waals surface area contributed by atoms with Gasteiger partial charge in [-0.25, -0.2) is 0 Å². The lowest BCUT2D eigenvalue weighted by molar-refractivity contribution is -0.127. The fraction of sp³-hybridized carbons (Fsp3) is 0.185. The topological polar surface area (TPSA) is 124 Å². The molecule has 0 radical (unpaired) electrons. The molecule has 4 aromatic rings. The Hall–Kier alpha value is -4.66. The number of benzene rings is 2. The monoisotopic (exact) mass is 483 g/mol. The number of carbonyl (C=O) groups is 2. The van der Waals surface area contributed by atoms with Crippen LogP contribution in [0.15, 0.2) is 73.6 Å². The summed E-state index contributed by atoms with van der Waals surface area (Å²) in [5, 5.41) is 15.9. The number of hydrogen-bond donors (Lipinski definition) is 2. The molecule has 1 fully saturated rings. The number of carbonyl (C=O) groups excluding carboxylic acids is 2. The number of phenols is 1. The highest BCUT2D eigenvalue weighted by Gasteiger charge is 2.28. The van der Waals surface area contributed by atoms with E-state index in [2.05, 4.69) is 11.6 Å². The highest BCUT2D eigenvalue weighted by Crippen LogP contribution is 2.37. The van der Waals surface area contributed by atoms with Gasteiger partial charge in [0.2, 0.25) is 5.91 Å². The number of primary amides is 1. The Morgan fingerprint density at radius 1 is 1.11 bits per heavy atom. The second-order valence-corrected chi connectivity index (χ2v) is 8.64. The average Bonchev–Trinajstić information content (AvgIpc) is 3.28. The fourth-order valence-electron chi connectivity index (χ4n) is 4.63. The molecule has 182 valence electrons. The third-order valence-electron chi connectivity index (χ3n) is 6.29. The molecule has 3 N–H and O–H groups in total. The molecule has 2 aromatic heterocycles. The van der Waals surface area contributed by atoms with Gasteiger partial charge in [-0.15, -0.1) is 0 Å². The van der Waals surface area contributed by atoms with Crippen LogP contribution < -0.4 is 10.5 Å². The second-order valence-electron chi connectivity index (χ2n) is 8.64. The molecule has 0 spiro atoms. The summed E-state index contributed by atoms with van der Waals surface area (Å²) in [6.45, 7) is 4.66. The fourth-order valence-corrected chi connectivity index (χ4v) is 4.63. The number of ether oxygens (including phenoxy) is 1. The summed E-state index contributed by atoms with van der Waals surface area (Å²) >= 11 is 0. The van der Waals surface area contributed by atoms with Crippen LogP contribution in [-0.4, -0.2) is 49.7 Å². The normalized spacial score (nSPS) is 15.6. The first-order chi connectivity index (χ1) is 17.4. The molecule has 9 nitrogen and oxygen atoms in total. The maximum absolute atomic E-state index is 12.4. The first kappa shape index (κ1) is 23.1. The molecule has 0 aliphatic carbocycles. The van der Waals surface area contributed by atoms with Gasteiger partial charge in [-0.2, -0.15) is 5.10 Å². The third kappa shape index (κ3) is 4.38. The van der Waals surface area contributed by atoms with E-state index >= 15 is 0 Å². The van der Waals surface area contributed by atoms with Crippen molar-refractivity contribution < 1.29 is 19.4 Å². The van der Waals surface area contributed by atoms with Gasteiger partial charge in [-0.05, 0) is 67.4 Å². The molecule has 2 aromatic carbocycles. The van der Waals surface area contributed by atoms with Crippen molar-refractivity contribution in [3.05, 3.63) is 79.1 Å². The summed E-state index contributed by atoms with van der Waals surface area (Å²) in [6.07, 6.45) is 6.17. The van der Waals surface area contributed by atoms with Crippen LogP contribution in [0.5, 0.6) is 17.2 Å². The van der Waals surface area contributed by atoms with E-state index in [-0.39, 0.29) is 23.3 Å². The van der Waals surface area contributed by atoms with Gasteiger partial charge >= 0.3 is 0 Å². The average molecular weight is 484 g/mol. The van der Waals surface area contributed by atoms with Crippen LogP contribution in [0.2, 0.25) is 0 Å². The van der Waals surface area contributed by atoms with E-state index in [0.29, 0.717) is 41.2 Å². The molecule has 1 aliphatic rings. The molecule has 0 unspecified atom stereocenters. The van der Waals surface area contributed by atoms with Crippen LogP contribution in [-0.2, 0) is 4.79 Å². The first-order valence-electron chi connectivity index (χ1n) is 11.6. The molecule has 5 rings (SSSR count). The quantitative estimate of drug-likeness (QED) is 0.399. The SMILES string of the molecule is C=CC(=O)N1CCC[C@@H](n2nc(-c3ccc(Oc4ccncc4)cc3)c3cc(O)cc(C(N)=O)c32)C1. The Kier molecular flexibility index (Phi) is 6.12. The minimum atomic E-state index is -0.667. The standard InChI is InChI=1S/C27H25N5O4/c1-2-24(34)31-13-3-4-18(16-31)32-26-22(14-19(33)15-23(26)27(28)35)25(30-32)17-5-7-20(8-6-17)36-21-9-11-29-12-10-21/h2,5-12,14-15,18,33H,1,3-4,13,16H2,(H2,28,35)/t18-/m1/s1. The van der Waals surface area contributed by atoms with Crippen molar-refractivity contribution in [1.29, 1.82) is 0 Å². The lowest BCUT2D eigenvalue weighted by atomic mass is 10.0. The summed E-state index contributed by atoms with van der Waals surface area (Å²) in [7, 11) is 0. The van der Waals surface area contributed by atoms with Gasteiger partial charge in [0.1, 0.15) is 22.9 Å². The number of rotatable bonds is 6. The van der Waals surface area contributed by atoms with Crippen LogP contribution in [0.1, 0.15) is 29.2 Å². The van der Waals surface area contributed by atoms with E-state index in [1.807, 2.05) is 24.3 Å². The molecule has 9 heteroatoms. The van der Waals surface area contributed by atoms with Crippen LogP contribution in [0.25, 0.3) is 22.2 Å². The highest BCUT2D eigenvalue weighted by molar-refractivity contribution is 6.09. The molecular weight excluding hydrogens is 458 g/mol. The number of likely N-dealkylation sites (tertiary alicyclic amines) is 1. The maximum Gasteiger partial charge on any atom is 0.251 e. The van der Waals surface area contributed by atoms with E-state index < -0.39 is 5.91 Å². The summed E-state index contributed by atoms with van der Waals surface area (Å²) in [5.41, 5.74) is 7.77. The Bertz CT molecular complexity index is 1450. The minimum Gasteiger partial charge on any atom is -0.508 e. The Labute approximate surface area is 207 Å². The molecule has 1 saturated heterocycles. The van der Waals surface area contributed by atoms with Crippen LogP contribution in [0.3, 0.4) is 0 Å². The highest BCUT2D eigenvalue weighted by atomic mass is 16.5. The van der Waals surface area contributed by atoms with Gasteiger partial charge in [0.25, 0.3) is 5.91 Å². The van der Waals surface area contributed by atoms with Crippen molar-refractivity contribution in [2.45, 2.75) is 18.9 Å². The van der Waals surface area contributed by atoms with Crippen molar-refractivity contribution in [3.8, 4) is 28.5 Å². The minimum absolute atomic E-state index is 0.0816. The lowest BCUT2D eigenvalue weighted by Gasteiger charge is -2.32. The number of pyridine rings is 1. The zero-order valence-electron chi connectivity index (χ0n) is 19.5. The molecule has 1 aliphatic heterocycles. The van der Waals surface area contributed by atoms with E-state index in [1.54, 1.807) is 40.2 Å². The van der Waals surface area contributed by atoms with Gasteiger partial charge < -0.3 is 20.5 Å². The number of piperidine rings is 1.